The Morgan fingerprint density at radius 3 is 2.56 bits per heavy atom. The topological polar surface area (TPSA) is 124 Å². The summed E-state index contributed by atoms with van der Waals surface area (Å²) >= 11 is 0. The Morgan fingerprint density at radius 1 is 1.21 bits per heavy atom. The van der Waals surface area contributed by atoms with Gasteiger partial charge in [-0.2, -0.15) is 0 Å². The highest BCUT2D eigenvalue weighted by Crippen LogP contribution is 2.41. The van der Waals surface area contributed by atoms with Crippen molar-refractivity contribution in [3.63, 3.8) is 0 Å². The molecule has 2 amide bonds. The molecule has 1 saturated heterocycles. The second-order valence-electron chi connectivity index (χ2n) is 7.74. The quantitative estimate of drug-likeness (QED) is 0.321. The van der Waals surface area contributed by atoms with Gasteiger partial charge in [0.2, 0.25) is 0 Å². The summed E-state index contributed by atoms with van der Waals surface area (Å²) in [5.41, 5.74) is 0.282. The van der Waals surface area contributed by atoms with Crippen molar-refractivity contribution in [2.24, 2.45) is 0 Å². The van der Waals surface area contributed by atoms with Crippen molar-refractivity contribution in [2.45, 2.75) is 37.6 Å². The molecule has 2 heterocycles. The first-order valence-electron chi connectivity index (χ1n) is 10.9. The minimum Gasteiger partial charge on any atom is -0.493 e. The van der Waals surface area contributed by atoms with Gasteiger partial charge in [0.25, 0.3) is 5.91 Å². The summed E-state index contributed by atoms with van der Waals surface area (Å²) in [4.78, 5) is 40.4. The Kier molecular flexibility index (Phi) is 8.35. The van der Waals surface area contributed by atoms with Crippen LogP contribution in [0.5, 0.6) is 11.5 Å². The van der Waals surface area contributed by atoms with Crippen LogP contribution in [0, 0.1) is 0 Å². The second-order valence-corrected chi connectivity index (χ2v) is 7.74. The number of aliphatic hydroxyl groups is 1. The number of nitrogens with zero attached hydrogens (tertiary/aromatic N) is 2. The number of methoxy groups -OCH3 is 3. The van der Waals surface area contributed by atoms with Crippen LogP contribution >= 0.6 is 0 Å². The zero-order valence-corrected chi connectivity index (χ0v) is 19.5. The third-order valence-electron chi connectivity index (χ3n) is 5.82. The molecule has 34 heavy (non-hydrogen) atoms. The number of esters is 1. The maximum Gasteiger partial charge on any atom is 0.416 e. The Labute approximate surface area is 197 Å². The van der Waals surface area contributed by atoms with E-state index in [1.165, 1.54) is 44.4 Å². The van der Waals surface area contributed by atoms with E-state index in [4.69, 9.17) is 18.9 Å². The van der Waals surface area contributed by atoms with Gasteiger partial charge in [-0.15, -0.1) is 0 Å². The molecule has 0 spiro atoms. The van der Waals surface area contributed by atoms with Crippen LogP contribution in [-0.4, -0.2) is 87.4 Å². The summed E-state index contributed by atoms with van der Waals surface area (Å²) in [6, 6.07) is 2.08. The maximum absolute atomic E-state index is 13.5. The van der Waals surface area contributed by atoms with Crippen LogP contribution in [0.3, 0.4) is 0 Å². The number of hydrogen-bond donors (Lipinski definition) is 1. The van der Waals surface area contributed by atoms with E-state index in [-0.39, 0.29) is 48.5 Å². The molecule has 1 aromatic carbocycles. The molecule has 2 aliphatic heterocycles. The van der Waals surface area contributed by atoms with Crippen molar-refractivity contribution >= 4 is 23.7 Å². The monoisotopic (exact) mass is 478 g/mol. The Bertz CT molecular complexity index is 935. The van der Waals surface area contributed by atoms with Crippen LogP contribution in [0.1, 0.15) is 29.6 Å². The lowest BCUT2D eigenvalue weighted by atomic mass is 10.1. The molecule has 1 fully saturated rings. The van der Waals surface area contributed by atoms with Gasteiger partial charge in [-0.1, -0.05) is 12.7 Å². The van der Waals surface area contributed by atoms with E-state index in [1.54, 1.807) is 0 Å². The molecule has 11 heteroatoms. The van der Waals surface area contributed by atoms with E-state index in [1.807, 2.05) is 0 Å². The van der Waals surface area contributed by atoms with Crippen LogP contribution in [0.25, 0.3) is 0 Å². The van der Waals surface area contributed by atoms with Crippen LogP contribution in [0.15, 0.2) is 24.8 Å². The summed E-state index contributed by atoms with van der Waals surface area (Å²) in [5.74, 6) is -0.160. The first-order chi connectivity index (χ1) is 16.4. The summed E-state index contributed by atoms with van der Waals surface area (Å²) in [5, 5.41) is 11.4. The fourth-order valence-electron chi connectivity index (χ4n) is 4.21. The van der Waals surface area contributed by atoms with Crippen LogP contribution in [0.2, 0.25) is 0 Å². The summed E-state index contributed by atoms with van der Waals surface area (Å²) in [6.45, 7) is 3.99. The third kappa shape index (κ3) is 4.95. The van der Waals surface area contributed by atoms with Gasteiger partial charge >= 0.3 is 12.1 Å². The lowest BCUT2D eigenvalue weighted by Gasteiger charge is -2.34. The number of anilines is 1. The van der Waals surface area contributed by atoms with E-state index in [2.05, 4.69) is 11.3 Å². The normalized spacial score (nSPS) is 21.3. The van der Waals surface area contributed by atoms with Gasteiger partial charge in [0.1, 0.15) is 12.6 Å². The van der Waals surface area contributed by atoms with Gasteiger partial charge < -0.3 is 33.7 Å². The van der Waals surface area contributed by atoms with Gasteiger partial charge in [-0.3, -0.25) is 9.59 Å². The van der Waals surface area contributed by atoms with Gasteiger partial charge in [0, 0.05) is 25.6 Å². The maximum atomic E-state index is 13.5. The lowest BCUT2D eigenvalue weighted by Crippen LogP contribution is -2.55. The number of aliphatic hydroxyl groups excluding tert-OH is 1. The van der Waals surface area contributed by atoms with Crippen molar-refractivity contribution in [2.75, 3.05) is 46.0 Å². The average Bonchev–Trinajstić information content (AvgIpc) is 3.24. The van der Waals surface area contributed by atoms with E-state index in [0.29, 0.717) is 25.1 Å². The number of rotatable bonds is 9. The minimum atomic E-state index is -1.46. The molecule has 1 N–H and O–H groups in total. The smallest absolute Gasteiger partial charge is 0.416 e. The molecular formula is C23H30N2O9. The number of amides is 2. The molecule has 3 atom stereocenters. The zero-order valence-electron chi connectivity index (χ0n) is 19.5. The fourth-order valence-corrected chi connectivity index (χ4v) is 4.21. The summed E-state index contributed by atoms with van der Waals surface area (Å²) in [6.07, 6.45) is -0.434. The number of benzene rings is 1. The van der Waals surface area contributed by atoms with Crippen LogP contribution in [-0.2, 0) is 19.0 Å². The van der Waals surface area contributed by atoms with Gasteiger partial charge in [0.15, 0.2) is 17.7 Å². The van der Waals surface area contributed by atoms with Crippen molar-refractivity contribution in [1.82, 2.24) is 4.90 Å². The first-order valence-corrected chi connectivity index (χ1v) is 10.9. The van der Waals surface area contributed by atoms with E-state index < -0.39 is 24.5 Å². The zero-order chi connectivity index (χ0) is 24.8. The second kappa shape index (κ2) is 11.2. The van der Waals surface area contributed by atoms with Crippen molar-refractivity contribution in [3.05, 3.63) is 30.4 Å². The van der Waals surface area contributed by atoms with E-state index in [9.17, 15) is 19.5 Å². The highest BCUT2D eigenvalue weighted by atomic mass is 16.6. The number of hydrogen-bond acceptors (Lipinski definition) is 9. The average molecular weight is 478 g/mol. The molecule has 0 aliphatic carbocycles. The highest BCUT2D eigenvalue weighted by Gasteiger charge is 2.50. The van der Waals surface area contributed by atoms with Crippen LogP contribution < -0.4 is 14.4 Å². The summed E-state index contributed by atoms with van der Waals surface area (Å²) < 4.78 is 26.5. The van der Waals surface area contributed by atoms with Gasteiger partial charge in [-0.25, -0.2) is 9.69 Å². The molecule has 2 aliphatic rings. The number of carbonyl (C=O) groups excluding carboxylic acids is 3. The molecular weight excluding hydrogens is 448 g/mol. The number of fused-ring (bicyclic) bond motifs is 2. The Morgan fingerprint density at radius 2 is 1.91 bits per heavy atom. The molecule has 3 rings (SSSR count). The minimum absolute atomic E-state index is 0.0829. The Balaban J connectivity index is 1.96. The largest absolute Gasteiger partial charge is 0.493 e. The van der Waals surface area contributed by atoms with Gasteiger partial charge in [0.05, 0.1) is 38.7 Å². The highest BCUT2D eigenvalue weighted by molar-refractivity contribution is 6.06. The van der Waals surface area contributed by atoms with Crippen LogP contribution in [0.4, 0.5) is 10.5 Å². The molecule has 0 aromatic heterocycles. The predicted octanol–water partition coefficient (Wildman–Crippen LogP) is 1.72. The first kappa shape index (κ1) is 25.3. The molecule has 186 valence electrons. The summed E-state index contributed by atoms with van der Waals surface area (Å²) in [7, 11) is 4.18. The Hall–Kier alpha value is -3.31. The standard InChI is InChI=1S/C23H30N2O9/c1-5-10-34-23(29)25-15-13-18(31-3)17(30-2)12-14(15)21(27)24-9-8-16(20(24)22(25)28)33-11-6-7-19(26)32-4/h5,12-13,16,20,22,28H,1,6-11H2,2-4H3/t16-,20-,22?/m0/s1. The molecule has 0 saturated carbocycles. The molecule has 0 bridgehead atoms. The molecule has 11 nitrogen and oxygen atoms in total. The van der Waals surface area contributed by atoms with Crippen molar-refractivity contribution < 1.29 is 43.2 Å². The SMILES string of the molecule is C=CCOC(=O)N1c2cc(OC)c(OC)cc2C(=O)N2CC[C@H](OCCCC(=O)OC)[C@H]2C1O. The van der Waals surface area contributed by atoms with E-state index in [0.717, 1.165) is 4.90 Å². The van der Waals surface area contributed by atoms with Crippen molar-refractivity contribution in [1.29, 1.82) is 0 Å². The van der Waals surface area contributed by atoms with E-state index >= 15 is 0 Å². The van der Waals surface area contributed by atoms with Gasteiger partial charge in [-0.05, 0) is 18.9 Å². The lowest BCUT2D eigenvalue weighted by molar-refractivity contribution is -0.141. The van der Waals surface area contributed by atoms with Crippen molar-refractivity contribution in [3.8, 4) is 11.5 Å². The predicted molar refractivity (Wildman–Crippen MR) is 120 cm³/mol. The molecule has 1 unspecified atom stereocenters. The molecule has 0 radical (unpaired) electrons. The number of carbonyl (C=O) groups is 3. The fraction of sp³-hybridized carbons (Fsp3) is 0.522. The third-order valence-corrected chi connectivity index (χ3v) is 5.82. The molecule has 1 aromatic rings. The number of ether oxygens (including phenoxy) is 5.